The summed E-state index contributed by atoms with van der Waals surface area (Å²) in [7, 11) is 0. The maximum Gasteiger partial charge on any atom is 0.514 e. The Bertz CT molecular complexity index is 491. The van der Waals surface area contributed by atoms with Gasteiger partial charge in [-0.05, 0) is 12.1 Å². The summed E-state index contributed by atoms with van der Waals surface area (Å²) in [4.78, 5) is 21.3. The molecule has 0 amide bonds. The molecule has 1 saturated carbocycles. The molecule has 1 aromatic rings. The summed E-state index contributed by atoms with van der Waals surface area (Å²) in [5, 5.41) is 29.1. The zero-order chi connectivity index (χ0) is 14.7. The van der Waals surface area contributed by atoms with Crippen molar-refractivity contribution >= 4 is 11.8 Å². The molecule has 8 heteroatoms. The normalized spacial score (nSPS) is 25.2. The summed E-state index contributed by atoms with van der Waals surface area (Å²) in [5.41, 5.74) is -0.118. The molecule has 20 heavy (non-hydrogen) atoms. The monoisotopic (exact) mass is 283 g/mol. The maximum absolute atomic E-state index is 11.5. The van der Waals surface area contributed by atoms with Crippen molar-refractivity contribution in [2.24, 2.45) is 0 Å². The van der Waals surface area contributed by atoms with E-state index in [0.29, 0.717) is 0 Å². The van der Waals surface area contributed by atoms with Gasteiger partial charge in [0.1, 0.15) is 11.9 Å². The minimum absolute atomic E-state index is 0.111. The first-order valence-corrected chi connectivity index (χ1v) is 5.95. The fraction of sp³-hybridized carbons (Fsp3) is 0.417. The SMILES string of the molecule is O=C(Oc1ccc([N+](=O)[O-])cc1)O[C@H]1C[C@@H](O)[C@@H](O)C1. The second-order valence-electron chi connectivity index (χ2n) is 4.45. The van der Waals surface area contributed by atoms with Crippen LogP contribution in [-0.4, -0.2) is 39.6 Å². The molecule has 0 bridgehead atoms. The summed E-state index contributed by atoms with van der Waals surface area (Å²) >= 11 is 0. The van der Waals surface area contributed by atoms with E-state index >= 15 is 0 Å². The predicted octanol–water partition coefficient (Wildman–Crippen LogP) is 0.994. The van der Waals surface area contributed by atoms with Gasteiger partial charge in [0.25, 0.3) is 5.69 Å². The maximum atomic E-state index is 11.5. The third-order valence-electron chi connectivity index (χ3n) is 2.96. The minimum Gasteiger partial charge on any atom is -0.430 e. The average molecular weight is 283 g/mol. The van der Waals surface area contributed by atoms with Gasteiger partial charge in [-0.15, -0.1) is 0 Å². The molecule has 0 heterocycles. The molecule has 2 rings (SSSR count). The zero-order valence-corrected chi connectivity index (χ0v) is 10.3. The number of carbonyl (C=O) groups is 1. The van der Waals surface area contributed by atoms with Gasteiger partial charge in [0, 0.05) is 25.0 Å². The van der Waals surface area contributed by atoms with E-state index < -0.39 is 29.4 Å². The number of nitrogens with zero attached hydrogens (tertiary/aromatic N) is 1. The van der Waals surface area contributed by atoms with Gasteiger partial charge in [-0.25, -0.2) is 4.79 Å². The molecule has 0 unspecified atom stereocenters. The summed E-state index contributed by atoms with van der Waals surface area (Å²) in [6.07, 6.45) is -3.11. The summed E-state index contributed by atoms with van der Waals surface area (Å²) in [5.74, 6) is 0.111. The largest absolute Gasteiger partial charge is 0.514 e. The number of rotatable bonds is 3. The molecular formula is C12H13NO7. The standard InChI is InChI=1S/C12H13NO7/c14-10-5-9(6-11(10)15)20-12(16)19-8-3-1-7(2-4-8)13(17)18/h1-4,9-11,14-15H,5-6H2/t9-,10+,11-. The highest BCUT2D eigenvalue weighted by molar-refractivity contribution is 5.64. The van der Waals surface area contributed by atoms with Crippen LogP contribution >= 0.6 is 0 Å². The number of hydrogen-bond acceptors (Lipinski definition) is 7. The molecule has 1 aliphatic carbocycles. The minimum atomic E-state index is -0.981. The van der Waals surface area contributed by atoms with Gasteiger partial charge in [0.05, 0.1) is 17.1 Å². The fourth-order valence-corrected chi connectivity index (χ4v) is 1.94. The Morgan fingerprint density at radius 2 is 1.75 bits per heavy atom. The molecule has 8 nitrogen and oxygen atoms in total. The molecule has 2 N–H and O–H groups in total. The van der Waals surface area contributed by atoms with Crippen molar-refractivity contribution in [2.75, 3.05) is 0 Å². The van der Waals surface area contributed by atoms with E-state index in [9.17, 15) is 25.1 Å². The third-order valence-corrected chi connectivity index (χ3v) is 2.96. The molecule has 1 aromatic carbocycles. The van der Waals surface area contributed by atoms with E-state index in [4.69, 9.17) is 9.47 Å². The topological polar surface area (TPSA) is 119 Å². The van der Waals surface area contributed by atoms with E-state index in [0.717, 1.165) is 0 Å². The van der Waals surface area contributed by atoms with E-state index in [-0.39, 0.29) is 24.3 Å². The van der Waals surface area contributed by atoms with Crippen molar-refractivity contribution in [3.05, 3.63) is 34.4 Å². The number of nitro groups is 1. The lowest BCUT2D eigenvalue weighted by Crippen LogP contribution is -2.19. The molecular weight excluding hydrogens is 270 g/mol. The lowest BCUT2D eigenvalue weighted by molar-refractivity contribution is -0.384. The first-order chi connectivity index (χ1) is 9.45. The van der Waals surface area contributed by atoms with Gasteiger partial charge in [-0.3, -0.25) is 10.1 Å². The molecule has 0 saturated heterocycles. The predicted molar refractivity (Wildman–Crippen MR) is 65.2 cm³/mol. The van der Waals surface area contributed by atoms with E-state index in [1.54, 1.807) is 0 Å². The van der Waals surface area contributed by atoms with Crippen LogP contribution in [0.5, 0.6) is 5.75 Å². The van der Waals surface area contributed by atoms with Gasteiger partial charge in [0.2, 0.25) is 0 Å². The summed E-state index contributed by atoms with van der Waals surface area (Å²) in [6.45, 7) is 0. The number of nitro benzene ring substituents is 1. The van der Waals surface area contributed by atoms with Crippen LogP contribution in [0, 0.1) is 10.1 Å². The third kappa shape index (κ3) is 3.43. The van der Waals surface area contributed by atoms with Crippen molar-refractivity contribution in [3.63, 3.8) is 0 Å². The van der Waals surface area contributed by atoms with E-state index in [1.165, 1.54) is 24.3 Å². The lowest BCUT2D eigenvalue weighted by atomic mass is 10.3. The van der Waals surface area contributed by atoms with Crippen molar-refractivity contribution in [1.82, 2.24) is 0 Å². The Kier molecular flexibility index (Phi) is 4.16. The Balaban J connectivity index is 1.87. The van der Waals surface area contributed by atoms with Gasteiger partial charge < -0.3 is 19.7 Å². The van der Waals surface area contributed by atoms with Crippen LogP contribution in [0.4, 0.5) is 10.5 Å². The van der Waals surface area contributed by atoms with Crippen LogP contribution < -0.4 is 4.74 Å². The number of carbonyl (C=O) groups excluding carboxylic acids is 1. The van der Waals surface area contributed by atoms with Gasteiger partial charge in [-0.2, -0.15) is 0 Å². The first kappa shape index (κ1) is 14.2. The Morgan fingerprint density at radius 1 is 1.20 bits per heavy atom. The Hall–Kier alpha value is -2.19. The van der Waals surface area contributed by atoms with Crippen LogP contribution in [0.1, 0.15) is 12.8 Å². The highest BCUT2D eigenvalue weighted by Gasteiger charge is 2.34. The molecule has 1 aliphatic rings. The van der Waals surface area contributed by atoms with Gasteiger partial charge >= 0.3 is 6.16 Å². The van der Waals surface area contributed by atoms with E-state index in [2.05, 4.69) is 0 Å². The number of hydrogen-bond donors (Lipinski definition) is 2. The zero-order valence-electron chi connectivity index (χ0n) is 10.3. The highest BCUT2D eigenvalue weighted by Crippen LogP contribution is 2.24. The first-order valence-electron chi connectivity index (χ1n) is 5.95. The average Bonchev–Trinajstić information content (AvgIpc) is 2.68. The molecule has 0 aliphatic heterocycles. The number of non-ortho nitro benzene ring substituents is 1. The van der Waals surface area contributed by atoms with Gasteiger partial charge in [-0.1, -0.05) is 0 Å². The van der Waals surface area contributed by atoms with E-state index in [1.807, 2.05) is 0 Å². The van der Waals surface area contributed by atoms with Crippen LogP contribution in [-0.2, 0) is 4.74 Å². The van der Waals surface area contributed by atoms with Crippen molar-refractivity contribution in [1.29, 1.82) is 0 Å². The van der Waals surface area contributed by atoms with Crippen LogP contribution in [0.15, 0.2) is 24.3 Å². The lowest BCUT2D eigenvalue weighted by Gasteiger charge is -2.11. The molecule has 0 aromatic heterocycles. The molecule has 0 radical (unpaired) electrons. The molecule has 1 fully saturated rings. The van der Waals surface area contributed by atoms with Crippen LogP contribution in [0.25, 0.3) is 0 Å². The number of aliphatic hydroxyl groups is 2. The molecule has 0 spiro atoms. The number of ether oxygens (including phenoxy) is 2. The summed E-state index contributed by atoms with van der Waals surface area (Å²) < 4.78 is 9.75. The van der Waals surface area contributed by atoms with Crippen molar-refractivity contribution in [3.8, 4) is 5.75 Å². The number of benzene rings is 1. The van der Waals surface area contributed by atoms with Crippen molar-refractivity contribution in [2.45, 2.75) is 31.2 Å². The Labute approximate surface area is 113 Å². The molecule has 108 valence electrons. The smallest absolute Gasteiger partial charge is 0.430 e. The quantitative estimate of drug-likeness (QED) is 0.367. The Morgan fingerprint density at radius 3 is 2.25 bits per heavy atom. The van der Waals surface area contributed by atoms with Crippen LogP contribution in [0.2, 0.25) is 0 Å². The molecule has 3 atom stereocenters. The highest BCUT2D eigenvalue weighted by atomic mass is 16.7. The fourth-order valence-electron chi connectivity index (χ4n) is 1.94. The van der Waals surface area contributed by atoms with Crippen molar-refractivity contribution < 1.29 is 29.4 Å². The second kappa shape index (κ2) is 5.85. The number of aliphatic hydroxyl groups excluding tert-OH is 2. The second-order valence-corrected chi connectivity index (χ2v) is 4.45. The van der Waals surface area contributed by atoms with Gasteiger partial charge in [0.15, 0.2) is 0 Å². The van der Waals surface area contributed by atoms with Crippen LogP contribution in [0.3, 0.4) is 0 Å². The summed E-state index contributed by atoms with van der Waals surface area (Å²) in [6, 6.07) is 4.95.